The van der Waals surface area contributed by atoms with Gasteiger partial charge in [-0.15, -0.1) is 0 Å². The number of benzene rings is 2. The van der Waals surface area contributed by atoms with Crippen LogP contribution in [0.3, 0.4) is 0 Å². The quantitative estimate of drug-likeness (QED) is 0.785. The molecule has 0 aromatic heterocycles. The van der Waals surface area contributed by atoms with Crippen molar-refractivity contribution in [2.45, 2.75) is 6.92 Å². The molecule has 0 aliphatic carbocycles. The molecule has 2 aromatic rings. The zero-order valence-electron chi connectivity index (χ0n) is 11.3. The van der Waals surface area contributed by atoms with Gasteiger partial charge in [0.25, 0.3) is 0 Å². The Bertz CT molecular complexity index is 603. The number of methoxy groups -OCH3 is 2. The minimum atomic E-state index is 0.611. The highest BCUT2D eigenvalue weighted by atomic mass is 16.5. The first-order chi connectivity index (χ1) is 9.19. The van der Waals surface area contributed by atoms with Gasteiger partial charge in [-0.25, -0.2) is 0 Å². The van der Waals surface area contributed by atoms with Gasteiger partial charge in [-0.3, -0.25) is 4.79 Å². The highest BCUT2D eigenvalue weighted by molar-refractivity contribution is 5.83. The number of rotatable bonds is 4. The molecular weight excluding hydrogens is 240 g/mol. The Morgan fingerprint density at radius 1 is 0.895 bits per heavy atom. The van der Waals surface area contributed by atoms with Gasteiger partial charge >= 0.3 is 0 Å². The summed E-state index contributed by atoms with van der Waals surface area (Å²) >= 11 is 0. The first-order valence-corrected chi connectivity index (χ1v) is 5.98. The first-order valence-electron chi connectivity index (χ1n) is 5.98. The zero-order valence-corrected chi connectivity index (χ0v) is 11.3. The summed E-state index contributed by atoms with van der Waals surface area (Å²) in [6.45, 7) is 2.01. The van der Waals surface area contributed by atoms with Gasteiger partial charge in [0, 0.05) is 16.7 Å². The first kappa shape index (κ1) is 13.1. The largest absolute Gasteiger partial charge is 0.496 e. The molecule has 0 aliphatic heterocycles. The fraction of sp³-hybridized carbons (Fsp3) is 0.188. The summed E-state index contributed by atoms with van der Waals surface area (Å²) in [5.74, 6) is 1.47. The molecular formula is C16H16O3. The lowest BCUT2D eigenvalue weighted by Gasteiger charge is -2.13. The number of aryl methyl sites for hydroxylation is 1. The monoisotopic (exact) mass is 256 g/mol. The summed E-state index contributed by atoms with van der Waals surface area (Å²) in [5, 5.41) is 0. The fourth-order valence-electron chi connectivity index (χ4n) is 2.04. The Morgan fingerprint density at radius 3 is 2.05 bits per heavy atom. The third-order valence-electron chi connectivity index (χ3n) is 3.00. The highest BCUT2D eigenvalue weighted by Gasteiger charge is 2.12. The van der Waals surface area contributed by atoms with Gasteiger partial charge in [-0.1, -0.05) is 11.6 Å². The molecule has 0 heterocycles. The van der Waals surface area contributed by atoms with E-state index in [9.17, 15) is 4.79 Å². The van der Waals surface area contributed by atoms with Gasteiger partial charge in [0.2, 0.25) is 0 Å². The number of carbonyl (C=O) groups is 1. The second-order valence-corrected chi connectivity index (χ2v) is 4.28. The van der Waals surface area contributed by atoms with Gasteiger partial charge in [0.15, 0.2) is 0 Å². The highest BCUT2D eigenvalue weighted by Crippen LogP contribution is 2.37. The Kier molecular flexibility index (Phi) is 3.85. The third-order valence-corrected chi connectivity index (χ3v) is 3.00. The second-order valence-electron chi connectivity index (χ2n) is 4.28. The van der Waals surface area contributed by atoms with Gasteiger partial charge in [0.1, 0.15) is 17.8 Å². The predicted octanol–water partition coefficient (Wildman–Crippen LogP) is 3.49. The maximum absolute atomic E-state index is 10.9. The molecule has 0 atom stereocenters. The van der Waals surface area contributed by atoms with Crippen molar-refractivity contribution in [2.75, 3.05) is 14.2 Å². The maximum Gasteiger partial charge on any atom is 0.150 e. The van der Waals surface area contributed by atoms with Crippen molar-refractivity contribution in [3.05, 3.63) is 47.5 Å². The maximum atomic E-state index is 10.9. The van der Waals surface area contributed by atoms with Crippen molar-refractivity contribution in [2.24, 2.45) is 0 Å². The van der Waals surface area contributed by atoms with Crippen LogP contribution < -0.4 is 9.47 Å². The van der Waals surface area contributed by atoms with Crippen molar-refractivity contribution in [3.63, 3.8) is 0 Å². The molecule has 0 bridgehead atoms. The topological polar surface area (TPSA) is 35.5 Å². The van der Waals surface area contributed by atoms with E-state index in [0.29, 0.717) is 5.56 Å². The molecule has 0 unspecified atom stereocenters. The molecule has 0 fully saturated rings. The van der Waals surface area contributed by atoms with Crippen LogP contribution in [0.5, 0.6) is 11.5 Å². The van der Waals surface area contributed by atoms with Crippen molar-refractivity contribution in [1.29, 1.82) is 0 Å². The summed E-state index contributed by atoms with van der Waals surface area (Å²) in [6, 6.07) is 11.3. The minimum Gasteiger partial charge on any atom is -0.496 e. The smallest absolute Gasteiger partial charge is 0.150 e. The molecule has 0 saturated carbocycles. The molecule has 3 nitrogen and oxygen atoms in total. The van der Waals surface area contributed by atoms with Gasteiger partial charge in [-0.2, -0.15) is 0 Å². The van der Waals surface area contributed by atoms with Crippen molar-refractivity contribution in [1.82, 2.24) is 0 Å². The average Bonchev–Trinajstić information content (AvgIpc) is 2.46. The lowest BCUT2D eigenvalue weighted by atomic mass is 9.99. The summed E-state index contributed by atoms with van der Waals surface area (Å²) in [7, 11) is 3.24. The van der Waals surface area contributed by atoms with E-state index < -0.39 is 0 Å². The summed E-state index contributed by atoms with van der Waals surface area (Å²) in [4.78, 5) is 10.9. The van der Waals surface area contributed by atoms with E-state index in [2.05, 4.69) is 0 Å². The summed E-state index contributed by atoms with van der Waals surface area (Å²) in [5.41, 5.74) is 3.50. The molecule has 2 aromatic carbocycles. The molecule has 0 spiro atoms. The van der Waals surface area contributed by atoms with E-state index in [1.165, 1.54) is 0 Å². The van der Waals surface area contributed by atoms with E-state index in [4.69, 9.17) is 9.47 Å². The molecule has 0 amide bonds. The van der Waals surface area contributed by atoms with E-state index in [1.54, 1.807) is 26.4 Å². The molecule has 98 valence electrons. The normalized spacial score (nSPS) is 10.1. The third kappa shape index (κ3) is 2.60. The van der Waals surface area contributed by atoms with Gasteiger partial charge < -0.3 is 9.47 Å². The van der Waals surface area contributed by atoms with Crippen LogP contribution >= 0.6 is 0 Å². The van der Waals surface area contributed by atoms with Crippen molar-refractivity contribution < 1.29 is 14.3 Å². The second kappa shape index (κ2) is 5.57. The summed E-state index contributed by atoms with van der Waals surface area (Å²) in [6.07, 6.45) is 0.825. The SMILES string of the molecule is COc1ccc(C)cc1-c1cc(C=O)ccc1OC. The van der Waals surface area contributed by atoms with Crippen molar-refractivity contribution >= 4 is 6.29 Å². The van der Waals surface area contributed by atoms with E-state index >= 15 is 0 Å². The summed E-state index contributed by atoms with van der Waals surface area (Å²) < 4.78 is 10.8. The Hall–Kier alpha value is -2.29. The van der Waals surface area contributed by atoms with Crippen molar-refractivity contribution in [3.8, 4) is 22.6 Å². The van der Waals surface area contributed by atoms with Crippen LogP contribution in [0, 0.1) is 6.92 Å². The molecule has 2 rings (SSSR count). The average molecular weight is 256 g/mol. The zero-order chi connectivity index (χ0) is 13.8. The molecule has 0 radical (unpaired) electrons. The Morgan fingerprint density at radius 2 is 1.47 bits per heavy atom. The van der Waals surface area contributed by atoms with Crippen LogP contribution in [-0.2, 0) is 0 Å². The lowest BCUT2D eigenvalue weighted by molar-refractivity contribution is 0.112. The number of carbonyl (C=O) groups excluding carboxylic acids is 1. The molecule has 0 saturated heterocycles. The van der Waals surface area contributed by atoms with E-state index in [1.807, 2.05) is 31.2 Å². The number of hydrogen-bond acceptors (Lipinski definition) is 3. The van der Waals surface area contributed by atoms with Gasteiger partial charge in [0.05, 0.1) is 14.2 Å². The number of hydrogen-bond donors (Lipinski definition) is 0. The molecule has 0 N–H and O–H groups in total. The standard InChI is InChI=1S/C16H16O3/c1-11-4-6-15(18-2)13(8-11)14-9-12(10-17)5-7-16(14)19-3/h4-10H,1-3H3. The van der Waals surface area contributed by atoms with Gasteiger partial charge in [-0.05, 0) is 37.3 Å². The van der Waals surface area contributed by atoms with Crippen LogP contribution in [0.4, 0.5) is 0 Å². The van der Waals surface area contributed by atoms with Crippen LogP contribution in [0.1, 0.15) is 15.9 Å². The number of ether oxygens (including phenoxy) is 2. The Labute approximate surface area is 112 Å². The van der Waals surface area contributed by atoms with Crippen LogP contribution in [0.2, 0.25) is 0 Å². The predicted molar refractivity (Wildman–Crippen MR) is 75.1 cm³/mol. The Balaban J connectivity index is 2.68. The molecule has 3 heteroatoms. The van der Waals surface area contributed by atoms with E-state index in [-0.39, 0.29) is 0 Å². The van der Waals surface area contributed by atoms with Crippen LogP contribution in [-0.4, -0.2) is 20.5 Å². The molecule has 0 aliphatic rings. The van der Waals surface area contributed by atoms with Crippen LogP contribution in [0.25, 0.3) is 11.1 Å². The minimum absolute atomic E-state index is 0.611. The van der Waals surface area contributed by atoms with Crippen LogP contribution in [0.15, 0.2) is 36.4 Å². The van der Waals surface area contributed by atoms with E-state index in [0.717, 1.165) is 34.5 Å². The lowest BCUT2D eigenvalue weighted by Crippen LogP contribution is -1.94. The fourth-order valence-corrected chi connectivity index (χ4v) is 2.04. The molecule has 19 heavy (non-hydrogen) atoms. The number of aldehydes is 1.